The number of amides is 1. The summed E-state index contributed by atoms with van der Waals surface area (Å²) in [5.41, 5.74) is 6.17. The van der Waals surface area contributed by atoms with Gasteiger partial charge in [0.05, 0.1) is 0 Å². The van der Waals surface area contributed by atoms with Crippen LogP contribution in [0.25, 0.3) is 0 Å². The number of hydrogen-bond acceptors (Lipinski definition) is 2. The van der Waals surface area contributed by atoms with Gasteiger partial charge < -0.3 is 10.6 Å². The fraction of sp³-hybridized carbons (Fsp3) is 0.923. The molecule has 92 valence electrons. The van der Waals surface area contributed by atoms with Crippen molar-refractivity contribution in [1.82, 2.24) is 4.90 Å². The molecule has 0 aromatic heterocycles. The first-order valence-corrected chi connectivity index (χ1v) is 6.46. The smallest absolute Gasteiger partial charge is 0.226 e. The highest BCUT2D eigenvalue weighted by atomic mass is 16.2. The van der Waals surface area contributed by atoms with E-state index in [1.54, 1.807) is 0 Å². The lowest BCUT2D eigenvalue weighted by Gasteiger charge is -2.29. The van der Waals surface area contributed by atoms with E-state index in [-0.39, 0.29) is 17.4 Å². The highest BCUT2D eigenvalue weighted by Gasteiger charge is 2.43. The lowest BCUT2D eigenvalue weighted by atomic mass is 9.81. The molecule has 16 heavy (non-hydrogen) atoms. The molecule has 3 heteroatoms. The fourth-order valence-corrected chi connectivity index (χ4v) is 3.18. The molecule has 3 atom stereocenters. The molecule has 2 aliphatic rings. The Morgan fingerprint density at radius 3 is 2.50 bits per heavy atom. The Morgan fingerprint density at radius 1 is 1.38 bits per heavy atom. The van der Waals surface area contributed by atoms with Crippen molar-refractivity contribution in [3.63, 3.8) is 0 Å². The summed E-state index contributed by atoms with van der Waals surface area (Å²) >= 11 is 0. The Labute approximate surface area is 98.4 Å². The van der Waals surface area contributed by atoms with E-state index in [2.05, 4.69) is 20.8 Å². The average Bonchev–Trinajstić information content (AvgIpc) is 2.70. The predicted molar refractivity (Wildman–Crippen MR) is 64.8 cm³/mol. The number of hydrogen-bond donors (Lipinski definition) is 1. The van der Waals surface area contributed by atoms with Crippen molar-refractivity contribution in [3.8, 4) is 0 Å². The van der Waals surface area contributed by atoms with Crippen LogP contribution >= 0.6 is 0 Å². The number of nitrogens with two attached hydrogens (primary N) is 1. The Bertz CT molecular complexity index is 278. The van der Waals surface area contributed by atoms with E-state index in [0.717, 1.165) is 19.5 Å². The van der Waals surface area contributed by atoms with Crippen LogP contribution in [0.3, 0.4) is 0 Å². The van der Waals surface area contributed by atoms with E-state index in [1.165, 1.54) is 12.8 Å². The molecule has 1 aliphatic heterocycles. The standard InChI is InChI=1S/C13H24N2O/c1-9-7-15(8-11(9)14)12(16)10-5-4-6-13(10,2)3/h9-11H,4-8,14H2,1-3H3. The molecule has 0 spiro atoms. The summed E-state index contributed by atoms with van der Waals surface area (Å²) in [6.45, 7) is 8.20. The van der Waals surface area contributed by atoms with Gasteiger partial charge in [-0.05, 0) is 24.2 Å². The van der Waals surface area contributed by atoms with E-state index in [9.17, 15) is 4.79 Å². The molecule has 1 heterocycles. The Balaban J connectivity index is 2.03. The van der Waals surface area contributed by atoms with Gasteiger partial charge in [0.1, 0.15) is 0 Å². The first-order chi connectivity index (χ1) is 7.42. The second-order valence-electron chi connectivity index (χ2n) is 6.32. The Hall–Kier alpha value is -0.570. The predicted octanol–water partition coefficient (Wildman–Crippen LogP) is 1.62. The highest BCUT2D eigenvalue weighted by Crippen LogP contribution is 2.43. The monoisotopic (exact) mass is 224 g/mol. The van der Waals surface area contributed by atoms with E-state index in [4.69, 9.17) is 5.73 Å². The molecule has 1 saturated heterocycles. The van der Waals surface area contributed by atoms with Gasteiger partial charge in [-0.15, -0.1) is 0 Å². The van der Waals surface area contributed by atoms with Crippen molar-refractivity contribution in [3.05, 3.63) is 0 Å². The largest absolute Gasteiger partial charge is 0.341 e. The number of likely N-dealkylation sites (tertiary alicyclic amines) is 1. The third-order valence-electron chi connectivity index (χ3n) is 4.54. The van der Waals surface area contributed by atoms with Crippen LogP contribution < -0.4 is 5.73 Å². The lowest BCUT2D eigenvalue weighted by Crippen LogP contribution is -2.39. The van der Waals surface area contributed by atoms with Gasteiger partial charge in [-0.25, -0.2) is 0 Å². The topological polar surface area (TPSA) is 46.3 Å². The minimum Gasteiger partial charge on any atom is -0.341 e. The third kappa shape index (κ3) is 1.97. The highest BCUT2D eigenvalue weighted by molar-refractivity contribution is 5.80. The van der Waals surface area contributed by atoms with Gasteiger partial charge in [-0.2, -0.15) is 0 Å². The van der Waals surface area contributed by atoms with Gasteiger partial charge in [0.25, 0.3) is 0 Å². The van der Waals surface area contributed by atoms with Crippen molar-refractivity contribution < 1.29 is 4.79 Å². The van der Waals surface area contributed by atoms with Crippen LogP contribution in [0.15, 0.2) is 0 Å². The van der Waals surface area contributed by atoms with E-state index < -0.39 is 0 Å². The van der Waals surface area contributed by atoms with E-state index >= 15 is 0 Å². The van der Waals surface area contributed by atoms with Crippen LogP contribution in [0, 0.1) is 17.3 Å². The Morgan fingerprint density at radius 2 is 2.06 bits per heavy atom. The van der Waals surface area contributed by atoms with E-state index in [0.29, 0.717) is 11.8 Å². The van der Waals surface area contributed by atoms with Crippen molar-refractivity contribution in [2.75, 3.05) is 13.1 Å². The number of nitrogens with zero attached hydrogens (tertiary/aromatic N) is 1. The van der Waals surface area contributed by atoms with Crippen LogP contribution in [0.1, 0.15) is 40.0 Å². The third-order valence-corrected chi connectivity index (χ3v) is 4.54. The normalized spacial score (nSPS) is 38.0. The maximum Gasteiger partial charge on any atom is 0.226 e. The lowest BCUT2D eigenvalue weighted by molar-refractivity contribution is -0.137. The summed E-state index contributed by atoms with van der Waals surface area (Å²) in [5.74, 6) is 1.03. The zero-order valence-corrected chi connectivity index (χ0v) is 10.7. The summed E-state index contributed by atoms with van der Waals surface area (Å²) in [6.07, 6.45) is 3.43. The molecular weight excluding hydrogens is 200 g/mol. The van der Waals surface area contributed by atoms with Crippen LogP contribution in [0.2, 0.25) is 0 Å². The van der Waals surface area contributed by atoms with Gasteiger partial charge in [0.15, 0.2) is 0 Å². The van der Waals surface area contributed by atoms with Gasteiger partial charge in [-0.1, -0.05) is 27.2 Å². The molecule has 0 bridgehead atoms. The molecule has 2 rings (SSSR count). The summed E-state index contributed by atoms with van der Waals surface area (Å²) in [7, 11) is 0. The Kier molecular flexibility index (Phi) is 2.99. The van der Waals surface area contributed by atoms with Crippen LogP contribution in [-0.4, -0.2) is 29.9 Å². The second kappa shape index (κ2) is 4.02. The molecule has 1 saturated carbocycles. The van der Waals surface area contributed by atoms with Gasteiger partial charge in [0, 0.05) is 25.0 Å². The first-order valence-electron chi connectivity index (χ1n) is 6.46. The van der Waals surface area contributed by atoms with Crippen molar-refractivity contribution >= 4 is 5.91 Å². The number of rotatable bonds is 1. The molecule has 3 nitrogen and oxygen atoms in total. The summed E-state index contributed by atoms with van der Waals surface area (Å²) < 4.78 is 0. The van der Waals surface area contributed by atoms with Crippen LogP contribution in [0.4, 0.5) is 0 Å². The number of carbonyl (C=O) groups excluding carboxylic acids is 1. The SMILES string of the molecule is CC1CN(C(=O)C2CCCC2(C)C)CC1N. The minimum absolute atomic E-state index is 0.175. The zero-order valence-electron chi connectivity index (χ0n) is 10.7. The molecule has 2 N–H and O–H groups in total. The van der Waals surface area contributed by atoms with E-state index in [1.807, 2.05) is 4.90 Å². The molecule has 0 aromatic carbocycles. The summed E-state index contributed by atoms with van der Waals surface area (Å²) in [6, 6.07) is 0.175. The van der Waals surface area contributed by atoms with Gasteiger partial charge in [-0.3, -0.25) is 4.79 Å². The zero-order chi connectivity index (χ0) is 11.9. The molecule has 0 aromatic rings. The molecule has 2 fully saturated rings. The first kappa shape index (κ1) is 11.9. The summed E-state index contributed by atoms with van der Waals surface area (Å²) in [5, 5.41) is 0. The van der Waals surface area contributed by atoms with Crippen molar-refractivity contribution in [2.45, 2.75) is 46.1 Å². The second-order valence-corrected chi connectivity index (χ2v) is 6.32. The van der Waals surface area contributed by atoms with Crippen molar-refractivity contribution in [1.29, 1.82) is 0 Å². The van der Waals surface area contributed by atoms with Crippen LogP contribution in [-0.2, 0) is 4.79 Å². The van der Waals surface area contributed by atoms with Crippen molar-refractivity contribution in [2.24, 2.45) is 23.0 Å². The molecular formula is C13H24N2O. The van der Waals surface area contributed by atoms with Gasteiger partial charge >= 0.3 is 0 Å². The molecule has 0 radical (unpaired) electrons. The molecule has 1 aliphatic carbocycles. The molecule has 1 amide bonds. The maximum absolute atomic E-state index is 12.4. The minimum atomic E-state index is 0.175. The van der Waals surface area contributed by atoms with Gasteiger partial charge in [0.2, 0.25) is 5.91 Å². The maximum atomic E-state index is 12.4. The number of carbonyl (C=O) groups is 1. The fourth-order valence-electron chi connectivity index (χ4n) is 3.18. The summed E-state index contributed by atoms with van der Waals surface area (Å²) in [4.78, 5) is 14.4. The quantitative estimate of drug-likeness (QED) is 0.735. The average molecular weight is 224 g/mol. The van der Waals surface area contributed by atoms with Crippen LogP contribution in [0.5, 0.6) is 0 Å². The molecule has 3 unspecified atom stereocenters.